The summed E-state index contributed by atoms with van der Waals surface area (Å²) >= 11 is 0. The molecule has 70 valence electrons. The Bertz CT molecular complexity index is 166. The summed E-state index contributed by atoms with van der Waals surface area (Å²) in [4.78, 5) is 0. The van der Waals surface area contributed by atoms with Gasteiger partial charge < -0.3 is 0 Å². The van der Waals surface area contributed by atoms with Crippen LogP contribution in [-0.2, 0) is 0 Å². The second-order valence-corrected chi connectivity index (χ2v) is 3.86. The van der Waals surface area contributed by atoms with Crippen molar-refractivity contribution in [2.75, 3.05) is 7.05 Å². The molecule has 0 aromatic carbocycles. The summed E-state index contributed by atoms with van der Waals surface area (Å²) in [5.74, 6) is 1.41. The molecule has 2 unspecified atom stereocenters. The zero-order valence-corrected chi connectivity index (χ0v) is 8.28. The predicted octanol–water partition coefficient (Wildman–Crippen LogP) is 1.81. The van der Waals surface area contributed by atoms with Crippen LogP contribution in [0, 0.1) is 11.8 Å². The molecule has 1 rings (SSSR count). The van der Waals surface area contributed by atoms with Gasteiger partial charge in [0, 0.05) is 7.05 Å². The second kappa shape index (κ2) is 3.85. The van der Waals surface area contributed by atoms with Crippen molar-refractivity contribution < 1.29 is 0 Å². The zero-order chi connectivity index (χ0) is 9.14. The molecule has 1 N–H and O–H groups in total. The number of nitrogens with zero attached hydrogens (tertiary/aromatic N) is 3. The van der Waals surface area contributed by atoms with Crippen molar-refractivity contribution in [1.82, 2.24) is 10.5 Å². The van der Waals surface area contributed by atoms with E-state index in [0.29, 0.717) is 11.8 Å². The van der Waals surface area contributed by atoms with E-state index in [1.54, 1.807) is 0 Å². The molecule has 0 bridgehead atoms. The summed E-state index contributed by atoms with van der Waals surface area (Å²) in [6, 6.07) is 0. The van der Waals surface area contributed by atoms with E-state index in [-0.39, 0.29) is 6.17 Å². The van der Waals surface area contributed by atoms with Gasteiger partial charge in [-0.15, -0.1) is 5.11 Å². The maximum absolute atomic E-state index is 4.08. The van der Waals surface area contributed by atoms with Crippen LogP contribution in [0.1, 0.15) is 27.2 Å². The van der Waals surface area contributed by atoms with Crippen LogP contribution in [0.2, 0.25) is 0 Å². The molecule has 0 amide bonds. The first-order chi connectivity index (χ1) is 5.61. The van der Waals surface area contributed by atoms with Crippen molar-refractivity contribution in [3.8, 4) is 0 Å². The smallest absolute Gasteiger partial charge is 0.143 e. The summed E-state index contributed by atoms with van der Waals surface area (Å²) in [7, 11) is 1.97. The van der Waals surface area contributed by atoms with Crippen molar-refractivity contribution in [1.29, 1.82) is 0 Å². The molecular formula is C8H18N4. The highest BCUT2D eigenvalue weighted by molar-refractivity contribution is 4.69. The summed E-state index contributed by atoms with van der Waals surface area (Å²) < 4.78 is 0. The Labute approximate surface area is 74.0 Å². The monoisotopic (exact) mass is 170 g/mol. The van der Waals surface area contributed by atoms with E-state index in [9.17, 15) is 0 Å². The molecule has 1 aliphatic heterocycles. The van der Waals surface area contributed by atoms with Crippen molar-refractivity contribution in [2.45, 2.75) is 33.4 Å². The fraction of sp³-hybridized carbons (Fsp3) is 1.00. The summed E-state index contributed by atoms with van der Waals surface area (Å²) in [5, 5.41) is 9.78. The maximum atomic E-state index is 4.08. The van der Waals surface area contributed by atoms with Crippen LogP contribution in [0.4, 0.5) is 0 Å². The first kappa shape index (κ1) is 9.45. The highest BCUT2D eigenvalue weighted by Gasteiger charge is 2.22. The molecule has 0 spiro atoms. The Morgan fingerprint density at radius 1 is 1.42 bits per heavy atom. The highest BCUT2D eigenvalue weighted by atomic mass is 15.8. The van der Waals surface area contributed by atoms with Gasteiger partial charge in [-0.1, -0.05) is 26.0 Å². The third kappa shape index (κ3) is 2.17. The molecule has 0 fully saturated rings. The number of nitrogens with one attached hydrogen (secondary N) is 1. The third-order valence-corrected chi connectivity index (χ3v) is 2.56. The minimum atomic E-state index is 0.224. The summed E-state index contributed by atoms with van der Waals surface area (Å²) in [6.45, 7) is 6.74. The third-order valence-electron chi connectivity index (χ3n) is 2.56. The number of rotatable bonds is 3. The maximum Gasteiger partial charge on any atom is 0.143 e. The van der Waals surface area contributed by atoms with E-state index in [1.165, 1.54) is 0 Å². The van der Waals surface area contributed by atoms with E-state index in [4.69, 9.17) is 0 Å². The van der Waals surface area contributed by atoms with E-state index in [2.05, 4.69) is 36.6 Å². The van der Waals surface area contributed by atoms with Crippen LogP contribution < -0.4 is 5.53 Å². The molecular weight excluding hydrogens is 152 g/mol. The average Bonchev–Trinajstić information content (AvgIpc) is 2.36. The Morgan fingerprint density at radius 3 is 2.50 bits per heavy atom. The van der Waals surface area contributed by atoms with Crippen molar-refractivity contribution in [3.05, 3.63) is 0 Å². The molecule has 0 aliphatic carbocycles. The minimum absolute atomic E-state index is 0.224. The van der Waals surface area contributed by atoms with Gasteiger partial charge in [-0.25, -0.2) is 5.53 Å². The lowest BCUT2D eigenvalue weighted by Crippen LogP contribution is -2.34. The SMILES string of the molecule is CC(C)C(C)CC1N=NNN1C. The molecule has 0 aromatic rings. The molecule has 0 saturated heterocycles. The van der Waals surface area contributed by atoms with Crippen LogP contribution in [0.15, 0.2) is 10.3 Å². The Morgan fingerprint density at radius 2 is 2.08 bits per heavy atom. The lowest BCUT2D eigenvalue weighted by Gasteiger charge is -2.21. The molecule has 4 nitrogen and oxygen atoms in total. The molecule has 1 aliphatic rings. The van der Waals surface area contributed by atoms with Crippen LogP contribution in [0.3, 0.4) is 0 Å². The summed E-state index contributed by atoms with van der Waals surface area (Å²) in [6.07, 6.45) is 1.30. The van der Waals surface area contributed by atoms with E-state index >= 15 is 0 Å². The van der Waals surface area contributed by atoms with Crippen LogP contribution >= 0.6 is 0 Å². The van der Waals surface area contributed by atoms with E-state index in [1.807, 2.05) is 12.1 Å². The van der Waals surface area contributed by atoms with Gasteiger partial charge in [-0.3, -0.25) is 0 Å². The van der Waals surface area contributed by atoms with Gasteiger partial charge in [-0.05, 0) is 18.3 Å². The van der Waals surface area contributed by atoms with Gasteiger partial charge in [0.15, 0.2) is 0 Å². The van der Waals surface area contributed by atoms with Gasteiger partial charge in [0.1, 0.15) is 6.17 Å². The molecule has 2 atom stereocenters. The number of hydrogen-bond acceptors (Lipinski definition) is 4. The molecule has 12 heavy (non-hydrogen) atoms. The van der Waals surface area contributed by atoms with Gasteiger partial charge in [-0.2, -0.15) is 5.01 Å². The molecule has 0 radical (unpaired) electrons. The Hall–Kier alpha value is -0.640. The topological polar surface area (TPSA) is 40.0 Å². The normalized spacial score (nSPS) is 26.2. The van der Waals surface area contributed by atoms with Gasteiger partial charge in [0.05, 0.1) is 0 Å². The number of hydrazine groups is 1. The summed E-state index contributed by atoms with van der Waals surface area (Å²) in [5.41, 5.74) is 2.81. The minimum Gasteiger partial charge on any atom is -0.220 e. The van der Waals surface area contributed by atoms with Gasteiger partial charge in [0.2, 0.25) is 0 Å². The zero-order valence-electron chi connectivity index (χ0n) is 8.28. The first-order valence-electron chi connectivity index (χ1n) is 4.49. The quantitative estimate of drug-likeness (QED) is 0.701. The van der Waals surface area contributed by atoms with Crippen molar-refractivity contribution >= 4 is 0 Å². The van der Waals surface area contributed by atoms with Crippen molar-refractivity contribution in [3.63, 3.8) is 0 Å². The average molecular weight is 170 g/mol. The van der Waals surface area contributed by atoms with E-state index in [0.717, 1.165) is 6.42 Å². The van der Waals surface area contributed by atoms with Crippen LogP contribution in [-0.4, -0.2) is 18.2 Å². The fourth-order valence-corrected chi connectivity index (χ4v) is 1.12. The lowest BCUT2D eigenvalue weighted by atomic mass is 9.93. The highest BCUT2D eigenvalue weighted by Crippen LogP contribution is 2.20. The largest absolute Gasteiger partial charge is 0.220 e. The predicted molar refractivity (Wildman–Crippen MR) is 48.2 cm³/mol. The standard InChI is InChI=1S/C8H18N4/c1-6(2)7(3)5-8-9-10-11-12(8)4/h6-8H,5H2,1-4H3,(H,9,11). The van der Waals surface area contributed by atoms with Gasteiger partial charge in [0.25, 0.3) is 0 Å². The molecule has 1 heterocycles. The lowest BCUT2D eigenvalue weighted by molar-refractivity contribution is 0.182. The molecule has 0 saturated carbocycles. The van der Waals surface area contributed by atoms with Crippen LogP contribution in [0.5, 0.6) is 0 Å². The molecule has 0 aromatic heterocycles. The first-order valence-corrected chi connectivity index (χ1v) is 4.49. The second-order valence-electron chi connectivity index (χ2n) is 3.86. The Kier molecular flexibility index (Phi) is 3.03. The van der Waals surface area contributed by atoms with Gasteiger partial charge >= 0.3 is 0 Å². The van der Waals surface area contributed by atoms with Crippen molar-refractivity contribution in [2.24, 2.45) is 22.2 Å². The fourth-order valence-electron chi connectivity index (χ4n) is 1.12. The Balaban J connectivity index is 2.35. The van der Waals surface area contributed by atoms with E-state index < -0.39 is 0 Å². The van der Waals surface area contributed by atoms with Crippen LogP contribution in [0.25, 0.3) is 0 Å². The number of hydrogen-bond donors (Lipinski definition) is 1. The molecule has 4 heteroatoms.